The molecule has 0 amide bonds. The Kier molecular flexibility index (Phi) is 8.16. The number of anilines is 2. The fourth-order valence-electron chi connectivity index (χ4n) is 5.75. The van der Waals surface area contributed by atoms with Crippen LogP contribution in [0.25, 0.3) is 38.8 Å². The second-order valence-corrected chi connectivity index (χ2v) is 11.0. The quantitative estimate of drug-likeness (QED) is 0.199. The molecule has 218 valence electrons. The van der Waals surface area contributed by atoms with Gasteiger partial charge in [-0.25, -0.2) is 0 Å². The van der Waals surface area contributed by atoms with Crippen LogP contribution in [0.15, 0.2) is 149 Å². The highest BCUT2D eigenvalue weighted by Crippen LogP contribution is 2.38. The van der Waals surface area contributed by atoms with Gasteiger partial charge in [0.1, 0.15) is 29.0 Å². The van der Waals surface area contributed by atoms with Crippen LogP contribution in [0.2, 0.25) is 0 Å². The first kappa shape index (κ1) is 28.8. The zero-order chi connectivity index (χ0) is 30.6. The van der Waals surface area contributed by atoms with Crippen LogP contribution in [0.4, 0.5) is 11.4 Å². The Bertz CT molecular complexity index is 1970. The van der Waals surface area contributed by atoms with E-state index in [-0.39, 0.29) is 0 Å². The summed E-state index contributed by atoms with van der Waals surface area (Å²) in [7, 11) is 2.09. The fraction of sp³-hybridized carbons (Fsp3) is 0.125. The second kappa shape index (κ2) is 12.5. The Morgan fingerprint density at radius 2 is 1.50 bits per heavy atom. The number of allylic oxidation sites excluding steroid dienone is 8. The maximum Gasteiger partial charge on any atom is 0.143 e. The first-order chi connectivity index (χ1) is 21.5. The van der Waals surface area contributed by atoms with E-state index in [4.69, 9.17) is 13.9 Å². The molecule has 4 nitrogen and oxygen atoms in total. The summed E-state index contributed by atoms with van der Waals surface area (Å²) in [4.78, 5) is 11.0. The van der Waals surface area contributed by atoms with Gasteiger partial charge in [0, 0.05) is 51.8 Å². The lowest BCUT2D eigenvalue weighted by Gasteiger charge is -2.25. The molecule has 4 heteroatoms. The molecule has 0 spiro atoms. The minimum Gasteiger partial charge on any atom is -0.460 e. The molecule has 4 aromatic carbocycles. The second-order valence-electron chi connectivity index (χ2n) is 11.0. The summed E-state index contributed by atoms with van der Waals surface area (Å²) in [5.74, 6) is 2.16. The highest BCUT2D eigenvalue weighted by Gasteiger charge is 2.22. The van der Waals surface area contributed by atoms with Crippen molar-refractivity contribution in [2.45, 2.75) is 20.3 Å². The van der Waals surface area contributed by atoms with Crippen LogP contribution in [0, 0.1) is 5.92 Å². The maximum absolute atomic E-state index is 8.81. The van der Waals surface area contributed by atoms with Crippen molar-refractivity contribution in [1.82, 2.24) is 0 Å². The molecule has 0 saturated carbocycles. The summed E-state index contributed by atoms with van der Waals surface area (Å²) in [6, 6.07) is 31.8. The van der Waals surface area contributed by atoms with Crippen molar-refractivity contribution in [2.75, 3.05) is 11.9 Å². The summed E-state index contributed by atoms with van der Waals surface area (Å²) < 4.78 is 12.8. The minimum absolute atomic E-state index is 0.314. The van der Waals surface area contributed by atoms with Gasteiger partial charge < -0.3 is 18.8 Å². The van der Waals surface area contributed by atoms with Gasteiger partial charge in [0.15, 0.2) is 0 Å². The van der Waals surface area contributed by atoms with E-state index in [1.54, 1.807) is 0 Å². The number of aldehydes is 1. The number of benzene rings is 4. The average Bonchev–Trinajstić information content (AvgIpc) is 3.43. The normalized spacial score (nSPS) is 17.8. The van der Waals surface area contributed by atoms with Crippen molar-refractivity contribution >= 4 is 45.4 Å². The standard InChI is InChI=1S/C38H31NO2.C2H4O/c1-25-9-7-16-35(40-37-26(2)10-6-12-31(25)37)28-19-23-30(24-20-28)39(3)29-21-17-27(18-22-29)32-13-8-14-34-33-11-4-5-15-36(33)41-38(32)34;1-2-3/h4-9,11-24,26H,1,10H2,2-3H3;2H,1H3/b9-7-,35-16-;. The number of ether oxygens (including phenoxy) is 1. The van der Waals surface area contributed by atoms with Crippen molar-refractivity contribution in [1.29, 1.82) is 0 Å². The van der Waals surface area contributed by atoms with Crippen LogP contribution >= 0.6 is 0 Å². The molecular weight excluding hydrogens is 542 g/mol. The van der Waals surface area contributed by atoms with Gasteiger partial charge in [0.05, 0.1) is 0 Å². The Labute approximate surface area is 258 Å². The van der Waals surface area contributed by atoms with Crippen LogP contribution in [-0.2, 0) is 9.53 Å². The SMILES string of the molecule is C=C1/C=C\C=C(\c2ccc(N(C)c3ccc(-c4cccc5c4oc4ccccc45)cc3)cc2)OC2=C1C=CCC2C.CC=O. The van der Waals surface area contributed by atoms with E-state index in [2.05, 4.69) is 123 Å². The molecule has 0 radical (unpaired) electrons. The number of nitrogens with zero attached hydrogens (tertiary/aromatic N) is 1. The largest absolute Gasteiger partial charge is 0.460 e. The van der Waals surface area contributed by atoms with Crippen molar-refractivity contribution < 1.29 is 13.9 Å². The Balaban J connectivity index is 0.00000110. The van der Waals surface area contributed by atoms with Crippen molar-refractivity contribution in [3.8, 4) is 11.1 Å². The number of carbonyl (C=O) groups is 1. The molecule has 1 aliphatic heterocycles. The van der Waals surface area contributed by atoms with E-state index in [1.807, 2.05) is 24.3 Å². The molecule has 1 unspecified atom stereocenters. The molecule has 0 fully saturated rings. The van der Waals surface area contributed by atoms with Gasteiger partial charge in [-0.05, 0) is 73.0 Å². The molecule has 2 aliphatic rings. The number of furan rings is 1. The summed E-state index contributed by atoms with van der Waals surface area (Å²) in [6.07, 6.45) is 12.2. The summed E-state index contributed by atoms with van der Waals surface area (Å²) in [5.41, 5.74) is 9.40. The van der Waals surface area contributed by atoms with Crippen LogP contribution in [-0.4, -0.2) is 13.3 Å². The van der Waals surface area contributed by atoms with Gasteiger partial charge in [-0.15, -0.1) is 0 Å². The summed E-state index contributed by atoms with van der Waals surface area (Å²) >= 11 is 0. The van der Waals surface area contributed by atoms with E-state index in [0.717, 1.165) is 85.4 Å². The molecule has 0 bridgehead atoms. The fourth-order valence-corrected chi connectivity index (χ4v) is 5.75. The van der Waals surface area contributed by atoms with Gasteiger partial charge in [-0.2, -0.15) is 0 Å². The monoisotopic (exact) mass is 577 g/mol. The molecule has 1 atom stereocenters. The molecule has 5 aromatic rings. The van der Waals surface area contributed by atoms with Crippen molar-refractivity contribution in [3.05, 3.63) is 150 Å². The van der Waals surface area contributed by atoms with Crippen LogP contribution in [0.1, 0.15) is 25.8 Å². The number of hydrogen-bond acceptors (Lipinski definition) is 4. The minimum atomic E-state index is 0.314. The molecule has 1 aromatic heterocycles. The third kappa shape index (κ3) is 5.55. The average molecular weight is 578 g/mol. The van der Waals surface area contributed by atoms with Gasteiger partial charge >= 0.3 is 0 Å². The number of carbonyl (C=O) groups excluding carboxylic acids is 1. The zero-order valence-corrected chi connectivity index (χ0v) is 25.3. The number of rotatable bonds is 4. The number of hydrogen-bond donors (Lipinski definition) is 0. The molecular formula is C40H35NO3. The Hall–Kier alpha value is -5.35. The first-order valence-electron chi connectivity index (χ1n) is 14.9. The van der Waals surface area contributed by atoms with Crippen LogP contribution in [0.5, 0.6) is 0 Å². The van der Waals surface area contributed by atoms with E-state index in [9.17, 15) is 0 Å². The van der Waals surface area contributed by atoms with E-state index < -0.39 is 0 Å². The smallest absolute Gasteiger partial charge is 0.143 e. The van der Waals surface area contributed by atoms with Gasteiger partial charge in [0.25, 0.3) is 0 Å². The predicted octanol–water partition coefficient (Wildman–Crippen LogP) is 10.6. The third-order valence-electron chi connectivity index (χ3n) is 8.11. The van der Waals surface area contributed by atoms with E-state index >= 15 is 0 Å². The van der Waals surface area contributed by atoms with Gasteiger partial charge in [-0.1, -0.05) is 86.3 Å². The van der Waals surface area contributed by atoms with Crippen molar-refractivity contribution in [2.24, 2.45) is 5.92 Å². The summed E-state index contributed by atoms with van der Waals surface area (Å²) in [5, 5.41) is 2.29. The topological polar surface area (TPSA) is 42.7 Å². The number of fused-ring (bicyclic) bond motifs is 3. The third-order valence-corrected chi connectivity index (χ3v) is 8.11. The predicted molar refractivity (Wildman–Crippen MR) is 183 cm³/mol. The van der Waals surface area contributed by atoms with E-state index in [0.29, 0.717) is 5.92 Å². The van der Waals surface area contributed by atoms with Crippen LogP contribution < -0.4 is 4.90 Å². The van der Waals surface area contributed by atoms with Gasteiger partial charge in [-0.3, -0.25) is 0 Å². The molecule has 7 rings (SSSR count). The molecule has 2 heterocycles. The number of para-hydroxylation sites is 2. The van der Waals surface area contributed by atoms with E-state index in [1.165, 1.54) is 6.92 Å². The lowest BCUT2D eigenvalue weighted by molar-refractivity contribution is -0.106. The van der Waals surface area contributed by atoms with Crippen molar-refractivity contribution in [3.63, 3.8) is 0 Å². The Morgan fingerprint density at radius 3 is 2.23 bits per heavy atom. The lowest BCUT2D eigenvalue weighted by Crippen LogP contribution is -2.11. The van der Waals surface area contributed by atoms with Crippen LogP contribution in [0.3, 0.4) is 0 Å². The zero-order valence-electron chi connectivity index (χ0n) is 25.3. The first-order valence-corrected chi connectivity index (χ1v) is 14.9. The molecule has 0 saturated heterocycles. The Morgan fingerprint density at radius 1 is 0.841 bits per heavy atom. The molecule has 0 N–H and O–H groups in total. The van der Waals surface area contributed by atoms with Gasteiger partial charge in [0.2, 0.25) is 0 Å². The summed E-state index contributed by atoms with van der Waals surface area (Å²) in [6.45, 7) is 7.87. The highest BCUT2D eigenvalue weighted by atomic mass is 16.5. The molecule has 1 aliphatic carbocycles. The molecule has 44 heavy (non-hydrogen) atoms. The maximum atomic E-state index is 8.81. The lowest BCUT2D eigenvalue weighted by atomic mass is 9.91. The highest BCUT2D eigenvalue weighted by molar-refractivity contribution is 6.09.